The summed E-state index contributed by atoms with van der Waals surface area (Å²) in [6, 6.07) is 8.72. The van der Waals surface area contributed by atoms with Crippen LogP contribution in [0.1, 0.15) is 39.5 Å². The molecule has 0 aliphatic heterocycles. The first-order valence-electron chi connectivity index (χ1n) is 8.50. The van der Waals surface area contributed by atoms with Gasteiger partial charge in [-0.1, -0.05) is 0 Å². The summed E-state index contributed by atoms with van der Waals surface area (Å²) in [6.45, 7) is -0.00256. The normalized spacial score (nSPS) is 13.6. The van der Waals surface area contributed by atoms with E-state index in [9.17, 15) is 9.59 Å². The first kappa shape index (κ1) is 17.3. The number of esters is 1. The molecule has 134 valence electrons. The van der Waals surface area contributed by atoms with Crippen LogP contribution in [0, 0.1) is 0 Å². The third-order valence-electron chi connectivity index (χ3n) is 4.49. The number of carbonyl (C=O) groups is 1. The molecule has 0 spiro atoms. The van der Waals surface area contributed by atoms with Gasteiger partial charge in [-0.2, -0.15) is 0 Å². The second-order valence-corrected chi connectivity index (χ2v) is 8.13. The Hall–Kier alpha value is -2.12. The molecule has 2 aromatic heterocycles. The maximum absolute atomic E-state index is 12.5. The van der Waals surface area contributed by atoms with Gasteiger partial charge in [0.25, 0.3) is 5.56 Å². The van der Waals surface area contributed by atoms with Crippen LogP contribution < -0.4 is 5.56 Å². The van der Waals surface area contributed by atoms with Crippen molar-refractivity contribution in [3.63, 3.8) is 0 Å². The third-order valence-corrected chi connectivity index (χ3v) is 6.38. The summed E-state index contributed by atoms with van der Waals surface area (Å²) in [4.78, 5) is 32.3. The Kier molecular flexibility index (Phi) is 4.82. The molecule has 26 heavy (non-hydrogen) atoms. The standard InChI is InChI=1S/C19H18N2O3S2/c1-25-14-8-6-12(7-9-14)18(23)24-11-13-10-17(22)21-15-4-2-3-5-16(15)26-19(21)20-13/h6-10H,2-5,11H2,1H3. The lowest BCUT2D eigenvalue weighted by atomic mass is 10.0. The Morgan fingerprint density at radius 2 is 2.04 bits per heavy atom. The van der Waals surface area contributed by atoms with Crippen LogP contribution in [0.3, 0.4) is 0 Å². The monoisotopic (exact) mass is 386 g/mol. The summed E-state index contributed by atoms with van der Waals surface area (Å²) in [7, 11) is 0. The average molecular weight is 386 g/mol. The lowest BCUT2D eigenvalue weighted by molar-refractivity contribution is 0.0467. The molecule has 0 unspecified atom stereocenters. The molecule has 0 saturated heterocycles. The van der Waals surface area contributed by atoms with Gasteiger partial charge in [0.2, 0.25) is 0 Å². The molecule has 0 radical (unpaired) electrons. The van der Waals surface area contributed by atoms with E-state index in [1.807, 2.05) is 18.4 Å². The van der Waals surface area contributed by atoms with Gasteiger partial charge in [-0.25, -0.2) is 9.78 Å². The fourth-order valence-electron chi connectivity index (χ4n) is 3.17. The van der Waals surface area contributed by atoms with Crippen LogP contribution >= 0.6 is 23.1 Å². The van der Waals surface area contributed by atoms with Crippen LogP contribution in [-0.2, 0) is 24.2 Å². The topological polar surface area (TPSA) is 60.7 Å². The molecule has 0 amide bonds. The summed E-state index contributed by atoms with van der Waals surface area (Å²) in [5.74, 6) is -0.412. The van der Waals surface area contributed by atoms with Gasteiger partial charge in [0.1, 0.15) is 6.61 Å². The zero-order valence-electron chi connectivity index (χ0n) is 14.4. The third kappa shape index (κ3) is 3.29. The number of ether oxygens (including phenoxy) is 1. The summed E-state index contributed by atoms with van der Waals surface area (Å²) in [5, 5.41) is 0. The smallest absolute Gasteiger partial charge is 0.338 e. The zero-order valence-corrected chi connectivity index (χ0v) is 16.0. The maximum atomic E-state index is 12.5. The molecule has 1 aliphatic rings. The molecule has 5 nitrogen and oxygen atoms in total. The number of benzene rings is 1. The Balaban J connectivity index is 1.53. The molecule has 1 aromatic carbocycles. The number of aromatic nitrogens is 2. The molecule has 7 heteroatoms. The number of carbonyl (C=O) groups excluding carboxylic acids is 1. The highest BCUT2D eigenvalue weighted by molar-refractivity contribution is 7.98. The van der Waals surface area contributed by atoms with E-state index < -0.39 is 5.97 Å². The molecular formula is C19H18N2O3S2. The number of hydrogen-bond donors (Lipinski definition) is 0. The molecule has 0 saturated carbocycles. The number of nitrogens with zero attached hydrogens (tertiary/aromatic N) is 2. The van der Waals surface area contributed by atoms with Gasteiger partial charge in [-0.15, -0.1) is 23.1 Å². The first-order valence-corrected chi connectivity index (χ1v) is 10.5. The zero-order chi connectivity index (χ0) is 18.1. The van der Waals surface area contributed by atoms with E-state index in [-0.39, 0.29) is 12.2 Å². The van der Waals surface area contributed by atoms with Crippen molar-refractivity contribution in [2.24, 2.45) is 0 Å². The van der Waals surface area contributed by atoms with Gasteiger partial charge in [0.15, 0.2) is 4.96 Å². The van der Waals surface area contributed by atoms with E-state index in [1.54, 1.807) is 39.6 Å². The van der Waals surface area contributed by atoms with E-state index >= 15 is 0 Å². The minimum atomic E-state index is -0.412. The molecule has 0 atom stereocenters. The molecular weight excluding hydrogens is 368 g/mol. The summed E-state index contributed by atoms with van der Waals surface area (Å²) >= 11 is 3.19. The van der Waals surface area contributed by atoms with Crippen LogP contribution in [0.2, 0.25) is 0 Å². The van der Waals surface area contributed by atoms with Crippen molar-refractivity contribution >= 4 is 34.0 Å². The van der Waals surface area contributed by atoms with E-state index in [1.165, 1.54) is 10.9 Å². The highest BCUT2D eigenvalue weighted by atomic mass is 32.2. The number of thiazole rings is 1. The van der Waals surface area contributed by atoms with Crippen molar-refractivity contribution in [3.05, 3.63) is 62.5 Å². The predicted molar refractivity (Wildman–Crippen MR) is 103 cm³/mol. The molecule has 3 aromatic rings. The van der Waals surface area contributed by atoms with Crippen molar-refractivity contribution < 1.29 is 9.53 Å². The number of aryl methyl sites for hydroxylation is 2. The van der Waals surface area contributed by atoms with Gasteiger partial charge in [-0.3, -0.25) is 9.20 Å². The SMILES string of the molecule is CSc1ccc(C(=O)OCc2cc(=O)n3c4c(sc3n2)CCCC4)cc1. The number of fused-ring (bicyclic) bond motifs is 3. The molecule has 0 fully saturated rings. The van der Waals surface area contributed by atoms with Crippen molar-refractivity contribution in [2.75, 3.05) is 6.26 Å². The van der Waals surface area contributed by atoms with Gasteiger partial charge >= 0.3 is 5.97 Å². The van der Waals surface area contributed by atoms with Crippen LogP contribution in [0.15, 0.2) is 40.0 Å². The lowest BCUT2D eigenvalue weighted by Gasteiger charge is -2.10. The number of thioether (sulfide) groups is 1. The Bertz CT molecular complexity index is 1020. The van der Waals surface area contributed by atoms with Crippen LogP contribution in [0.25, 0.3) is 4.96 Å². The molecule has 1 aliphatic carbocycles. The van der Waals surface area contributed by atoms with E-state index in [2.05, 4.69) is 4.98 Å². The average Bonchev–Trinajstić information content (AvgIpc) is 3.05. The molecule has 0 N–H and O–H groups in total. The highest BCUT2D eigenvalue weighted by Gasteiger charge is 2.18. The minimum Gasteiger partial charge on any atom is -0.456 e. The quantitative estimate of drug-likeness (QED) is 0.505. The lowest BCUT2D eigenvalue weighted by Crippen LogP contribution is -2.18. The van der Waals surface area contributed by atoms with Gasteiger partial charge in [0, 0.05) is 21.5 Å². The predicted octanol–water partition coefficient (Wildman–Crippen LogP) is 3.71. The Labute approximate surface area is 159 Å². The number of hydrogen-bond acceptors (Lipinski definition) is 6. The van der Waals surface area contributed by atoms with Crippen molar-refractivity contribution in [3.8, 4) is 0 Å². The fraction of sp³-hybridized carbons (Fsp3) is 0.316. The molecule has 4 rings (SSSR count). The van der Waals surface area contributed by atoms with Crippen molar-refractivity contribution in [1.29, 1.82) is 0 Å². The van der Waals surface area contributed by atoms with E-state index in [4.69, 9.17) is 4.74 Å². The fourth-order valence-corrected chi connectivity index (χ4v) is 4.81. The second-order valence-electron chi connectivity index (χ2n) is 6.19. The second kappa shape index (κ2) is 7.25. The minimum absolute atomic E-state index is 0.00256. The van der Waals surface area contributed by atoms with Crippen LogP contribution in [0.4, 0.5) is 0 Å². The largest absolute Gasteiger partial charge is 0.456 e. The van der Waals surface area contributed by atoms with Gasteiger partial charge in [0.05, 0.1) is 11.3 Å². The summed E-state index contributed by atoms with van der Waals surface area (Å²) in [6.07, 6.45) is 6.20. The van der Waals surface area contributed by atoms with Crippen molar-refractivity contribution in [2.45, 2.75) is 37.2 Å². The highest BCUT2D eigenvalue weighted by Crippen LogP contribution is 2.28. The molecule has 0 bridgehead atoms. The first-order chi connectivity index (χ1) is 12.7. The van der Waals surface area contributed by atoms with E-state index in [0.717, 1.165) is 36.3 Å². The number of rotatable bonds is 4. The van der Waals surface area contributed by atoms with Crippen LogP contribution in [-0.4, -0.2) is 21.6 Å². The summed E-state index contributed by atoms with van der Waals surface area (Å²) < 4.78 is 7.06. The summed E-state index contributed by atoms with van der Waals surface area (Å²) in [5.41, 5.74) is 1.99. The van der Waals surface area contributed by atoms with Gasteiger partial charge in [-0.05, 0) is 56.2 Å². The van der Waals surface area contributed by atoms with Gasteiger partial charge < -0.3 is 4.74 Å². The van der Waals surface area contributed by atoms with E-state index in [0.29, 0.717) is 16.2 Å². The molecule has 2 heterocycles. The van der Waals surface area contributed by atoms with Crippen molar-refractivity contribution in [1.82, 2.24) is 9.38 Å². The maximum Gasteiger partial charge on any atom is 0.338 e. The van der Waals surface area contributed by atoms with Crippen LogP contribution in [0.5, 0.6) is 0 Å². The Morgan fingerprint density at radius 3 is 2.81 bits per heavy atom. The Morgan fingerprint density at radius 1 is 1.27 bits per heavy atom.